The Morgan fingerprint density at radius 1 is 0.926 bits per heavy atom. The number of hydrogen-bond donors (Lipinski definition) is 1. The monoisotopic (exact) mass is 378 g/mol. The molecule has 6 heteroatoms. The highest BCUT2D eigenvalue weighted by atomic mass is 16.6. The first-order chi connectivity index (χ1) is 12.3. The van der Waals surface area contributed by atoms with Gasteiger partial charge >= 0.3 is 17.9 Å². The molecule has 0 aromatic heterocycles. The third-order valence-corrected chi connectivity index (χ3v) is 4.08. The van der Waals surface area contributed by atoms with Gasteiger partial charge in [-0.15, -0.1) is 0 Å². The van der Waals surface area contributed by atoms with E-state index in [9.17, 15) is 14.4 Å². The molecule has 150 valence electrons. The zero-order valence-electron chi connectivity index (χ0n) is 17.0. The largest absolute Gasteiger partial charge is 0.478 e. The van der Waals surface area contributed by atoms with Gasteiger partial charge in [0.25, 0.3) is 0 Å². The van der Waals surface area contributed by atoms with Crippen molar-refractivity contribution in [2.24, 2.45) is 16.7 Å². The number of carbonyl (C=O) groups excluding carboxylic acids is 2. The summed E-state index contributed by atoms with van der Waals surface area (Å²) in [5.74, 6) is -2.56. The predicted molar refractivity (Wildman–Crippen MR) is 102 cm³/mol. The topological polar surface area (TPSA) is 89.9 Å². The van der Waals surface area contributed by atoms with Crippen LogP contribution in [0.25, 0.3) is 0 Å². The van der Waals surface area contributed by atoms with Crippen LogP contribution < -0.4 is 0 Å². The zero-order chi connectivity index (χ0) is 20.8. The van der Waals surface area contributed by atoms with Crippen molar-refractivity contribution in [3.8, 4) is 0 Å². The van der Waals surface area contributed by atoms with Crippen LogP contribution in [0.3, 0.4) is 0 Å². The van der Waals surface area contributed by atoms with Crippen molar-refractivity contribution < 1.29 is 29.0 Å². The molecule has 0 aliphatic carbocycles. The lowest BCUT2D eigenvalue weighted by molar-refractivity contribution is -0.155. The highest BCUT2D eigenvalue weighted by Crippen LogP contribution is 2.36. The summed E-state index contributed by atoms with van der Waals surface area (Å²) >= 11 is 0. The second kappa shape index (κ2) is 9.02. The van der Waals surface area contributed by atoms with Crippen LogP contribution in [0.4, 0.5) is 0 Å². The number of rotatable bonds is 7. The molecule has 0 amide bonds. The lowest BCUT2D eigenvalue weighted by Gasteiger charge is -2.33. The number of carboxylic acids is 1. The number of ether oxygens (including phenoxy) is 2. The Bertz CT molecular complexity index is 679. The van der Waals surface area contributed by atoms with Crippen LogP contribution in [-0.4, -0.2) is 36.2 Å². The highest BCUT2D eigenvalue weighted by molar-refractivity contribution is 6.02. The van der Waals surface area contributed by atoms with Crippen LogP contribution in [0, 0.1) is 16.7 Å². The molecule has 1 aromatic rings. The molecule has 0 radical (unpaired) electrons. The second-order valence-corrected chi connectivity index (χ2v) is 8.84. The standard InChI is InChI=1S/C21H30O6/c1-20(2,3)13-16(21(4,5)6)19(25)27-12-11-26-18(24)15-10-8-7-9-14(15)17(22)23/h7-10,16H,11-13H2,1-6H3,(H,22,23). The Morgan fingerprint density at radius 3 is 1.93 bits per heavy atom. The second-order valence-electron chi connectivity index (χ2n) is 8.84. The molecule has 0 fully saturated rings. The van der Waals surface area contributed by atoms with Crippen molar-refractivity contribution >= 4 is 17.9 Å². The fraction of sp³-hybridized carbons (Fsp3) is 0.571. The van der Waals surface area contributed by atoms with E-state index in [-0.39, 0.29) is 47.1 Å². The van der Waals surface area contributed by atoms with Gasteiger partial charge in [0.05, 0.1) is 17.0 Å². The minimum absolute atomic E-state index is 0.0238. The molecule has 0 aliphatic rings. The van der Waals surface area contributed by atoms with Gasteiger partial charge in [0.1, 0.15) is 13.2 Å². The third kappa shape index (κ3) is 7.41. The van der Waals surface area contributed by atoms with E-state index in [1.165, 1.54) is 18.2 Å². The van der Waals surface area contributed by atoms with Gasteiger partial charge in [-0.3, -0.25) is 4.79 Å². The summed E-state index contributed by atoms with van der Waals surface area (Å²) in [6.45, 7) is 12.0. The molecule has 1 aromatic carbocycles. The van der Waals surface area contributed by atoms with Crippen molar-refractivity contribution in [1.82, 2.24) is 0 Å². The highest BCUT2D eigenvalue weighted by Gasteiger charge is 2.35. The van der Waals surface area contributed by atoms with Crippen molar-refractivity contribution in [3.05, 3.63) is 35.4 Å². The van der Waals surface area contributed by atoms with E-state index >= 15 is 0 Å². The maximum Gasteiger partial charge on any atom is 0.339 e. The van der Waals surface area contributed by atoms with Crippen molar-refractivity contribution in [2.45, 2.75) is 48.0 Å². The van der Waals surface area contributed by atoms with E-state index < -0.39 is 11.9 Å². The molecule has 1 atom stereocenters. The summed E-state index contributed by atoms with van der Waals surface area (Å²) in [7, 11) is 0. The average Bonchev–Trinajstić information content (AvgIpc) is 2.54. The minimum Gasteiger partial charge on any atom is -0.478 e. The fourth-order valence-corrected chi connectivity index (χ4v) is 2.66. The van der Waals surface area contributed by atoms with E-state index in [4.69, 9.17) is 14.6 Å². The van der Waals surface area contributed by atoms with E-state index in [1.807, 2.05) is 20.8 Å². The molecule has 0 heterocycles. The van der Waals surface area contributed by atoms with Crippen LogP contribution >= 0.6 is 0 Å². The molecule has 1 rings (SSSR count). The van der Waals surface area contributed by atoms with Crippen LogP contribution in [0.5, 0.6) is 0 Å². The van der Waals surface area contributed by atoms with Crippen LogP contribution in [0.2, 0.25) is 0 Å². The van der Waals surface area contributed by atoms with Gasteiger partial charge in [-0.05, 0) is 29.4 Å². The number of benzene rings is 1. The smallest absolute Gasteiger partial charge is 0.339 e. The van der Waals surface area contributed by atoms with Crippen molar-refractivity contribution in [3.63, 3.8) is 0 Å². The third-order valence-electron chi connectivity index (χ3n) is 4.08. The van der Waals surface area contributed by atoms with Gasteiger partial charge in [-0.25, -0.2) is 9.59 Å². The molecule has 0 aliphatic heterocycles. The van der Waals surface area contributed by atoms with Crippen molar-refractivity contribution in [2.75, 3.05) is 13.2 Å². The Morgan fingerprint density at radius 2 is 1.44 bits per heavy atom. The number of hydrogen-bond acceptors (Lipinski definition) is 5. The van der Waals surface area contributed by atoms with E-state index in [2.05, 4.69) is 20.8 Å². The first-order valence-corrected chi connectivity index (χ1v) is 8.99. The molecule has 0 bridgehead atoms. The van der Waals surface area contributed by atoms with Gasteiger partial charge in [-0.2, -0.15) is 0 Å². The lowest BCUT2D eigenvalue weighted by Crippen LogP contribution is -2.34. The molecular weight excluding hydrogens is 348 g/mol. The maximum atomic E-state index is 12.5. The number of carboxylic acid groups (broad SMARTS) is 1. The fourth-order valence-electron chi connectivity index (χ4n) is 2.66. The van der Waals surface area contributed by atoms with Crippen LogP contribution in [0.15, 0.2) is 24.3 Å². The number of carbonyl (C=O) groups is 3. The van der Waals surface area contributed by atoms with Gasteiger partial charge in [0.15, 0.2) is 0 Å². The Labute approximate surface area is 160 Å². The molecular formula is C21H30O6. The minimum atomic E-state index is -1.20. The lowest BCUT2D eigenvalue weighted by atomic mass is 9.72. The SMILES string of the molecule is CC(C)(C)CC(C(=O)OCCOC(=O)c1ccccc1C(=O)O)C(C)(C)C. The first kappa shape index (κ1) is 22.7. The summed E-state index contributed by atoms with van der Waals surface area (Å²) in [4.78, 5) is 35.7. The summed E-state index contributed by atoms with van der Waals surface area (Å²) in [5.41, 5.74) is -0.431. The molecule has 27 heavy (non-hydrogen) atoms. The van der Waals surface area contributed by atoms with Crippen LogP contribution in [-0.2, 0) is 14.3 Å². The van der Waals surface area contributed by atoms with E-state index in [0.29, 0.717) is 6.42 Å². The maximum absolute atomic E-state index is 12.5. The number of aromatic carboxylic acids is 1. The molecule has 1 unspecified atom stereocenters. The van der Waals surface area contributed by atoms with Gasteiger partial charge in [0, 0.05) is 0 Å². The van der Waals surface area contributed by atoms with Crippen LogP contribution in [0.1, 0.15) is 68.7 Å². The van der Waals surface area contributed by atoms with E-state index in [0.717, 1.165) is 0 Å². The average molecular weight is 378 g/mol. The molecule has 0 spiro atoms. The summed E-state index contributed by atoms with van der Waals surface area (Å²) in [6, 6.07) is 5.81. The molecule has 0 saturated carbocycles. The summed E-state index contributed by atoms with van der Waals surface area (Å²) in [6.07, 6.45) is 0.682. The zero-order valence-corrected chi connectivity index (χ0v) is 17.0. The normalized spacial score (nSPS) is 13.0. The quantitative estimate of drug-likeness (QED) is 0.565. The summed E-state index contributed by atoms with van der Waals surface area (Å²) in [5, 5.41) is 9.11. The van der Waals surface area contributed by atoms with Gasteiger partial charge in [0.2, 0.25) is 0 Å². The van der Waals surface area contributed by atoms with E-state index in [1.54, 1.807) is 6.07 Å². The summed E-state index contributed by atoms with van der Waals surface area (Å²) < 4.78 is 10.4. The Balaban J connectivity index is 2.61. The predicted octanol–water partition coefficient (Wildman–Crippen LogP) is 4.18. The molecule has 0 saturated heterocycles. The first-order valence-electron chi connectivity index (χ1n) is 8.99. The number of esters is 2. The van der Waals surface area contributed by atoms with Gasteiger partial charge in [-0.1, -0.05) is 53.7 Å². The molecule has 6 nitrogen and oxygen atoms in total. The van der Waals surface area contributed by atoms with Crippen molar-refractivity contribution in [1.29, 1.82) is 0 Å². The Kier molecular flexibility index (Phi) is 7.57. The molecule has 1 N–H and O–H groups in total. The van der Waals surface area contributed by atoms with Gasteiger partial charge < -0.3 is 14.6 Å². The Hall–Kier alpha value is -2.37.